The lowest BCUT2D eigenvalue weighted by Gasteiger charge is -2.18. The Balaban J connectivity index is 1.70. The molecule has 0 spiro atoms. The van der Waals surface area contributed by atoms with E-state index in [0.717, 1.165) is 30.0 Å². The van der Waals surface area contributed by atoms with Crippen molar-refractivity contribution in [2.45, 2.75) is 25.7 Å². The number of carbonyl (C=O) groups is 1. The first kappa shape index (κ1) is 12.3. The number of hydrogen-bond acceptors (Lipinski definition) is 3. The van der Waals surface area contributed by atoms with Crippen LogP contribution in [-0.4, -0.2) is 12.5 Å². The number of primary amides is 1. The first-order valence-corrected chi connectivity index (χ1v) is 7.08. The van der Waals surface area contributed by atoms with Gasteiger partial charge < -0.3 is 16.8 Å². The molecule has 0 heterocycles. The molecule has 0 aromatic heterocycles. The summed E-state index contributed by atoms with van der Waals surface area (Å²) < 4.78 is 0. The Morgan fingerprint density at radius 2 is 1.89 bits per heavy atom. The highest BCUT2D eigenvalue weighted by molar-refractivity contribution is 5.99. The van der Waals surface area contributed by atoms with Crippen molar-refractivity contribution >= 4 is 17.3 Å². The van der Waals surface area contributed by atoms with Gasteiger partial charge in [-0.05, 0) is 61.6 Å². The van der Waals surface area contributed by atoms with Crippen molar-refractivity contribution in [3.05, 3.63) is 23.8 Å². The number of nitrogen functional groups attached to an aromatic ring is 1. The van der Waals surface area contributed by atoms with Gasteiger partial charge in [0.2, 0.25) is 0 Å². The van der Waals surface area contributed by atoms with Crippen molar-refractivity contribution in [2.24, 2.45) is 23.5 Å². The predicted molar refractivity (Wildman–Crippen MR) is 76.8 cm³/mol. The van der Waals surface area contributed by atoms with E-state index in [-0.39, 0.29) is 0 Å². The maximum Gasteiger partial charge on any atom is 0.250 e. The summed E-state index contributed by atoms with van der Waals surface area (Å²) in [5, 5.41) is 3.41. The van der Waals surface area contributed by atoms with E-state index < -0.39 is 5.91 Å². The molecule has 0 radical (unpaired) electrons. The number of anilines is 2. The summed E-state index contributed by atoms with van der Waals surface area (Å²) >= 11 is 0. The molecule has 102 valence electrons. The van der Waals surface area contributed by atoms with Crippen molar-refractivity contribution in [3.8, 4) is 0 Å². The zero-order valence-electron chi connectivity index (χ0n) is 11.1. The Hall–Kier alpha value is -1.71. The number of rotatable bonds is 6. The molecular weight excluding hydrogens is 238 g/mol. The fourth-order valence-electron chi connectivity index (χ4n) is 2.91. The molecule has 0 bridgehead atoms. The van der Waals surface area contributed by atoms with E-state index in [4.69, 9.17) is 11.5 Å². The van der Waals surface area contributed by atoms with E-state index in [1.54, 1.807) is 12.1 Å². The summed E-state index contributed by atoms with van der Waals surface area (Å²) in [6, 6.07) is 5.30. The van der Waals surface area contributed by atoms with Gasteiger partial charge in [-0.3, -0.25) is 4.79 Å². The second kappa shape index (κ2) is 4.76. The minimum absolute atomic E-state index is 0.427. The number of nitrogens with one attached hydrogen (secondary N) is 1. The van der Waals surface area contributed by atoms with Crippen LogP contribution in [-0.2, 0) is 0 Å². The molecule has 1 aromatic carbocycles. The summed E-state index contributed by atoms with van der Waals surface area (Å²) in [5.41, 5.74) is 13.0. The minimum atomic E-state index is -0.427. The number of carbonyl (C=O) groups excluding carboxylic acids is 1. The van der Waals surface area contributed by atoms with Crippen molar-refractivity contribution in [1.82, 2.24) is 0 Å². The smallest absolute Gasteiger partial charge is 0.250 e. The maximum absolute atomic E-state index is 11.4. The first-order valence-electron chi connectivity index (χ1n) is 7.08. The standard InChI is InChI=1S/C15H21N3O/c16-11-5-6-14(12(7-11)15(17)19)18-8-13(9-1-2-9)10-3-4-10/h5-7,9-10,13,18H,1-4,8,16H2,(H2,17,19). The summed E-state index contributed by atoms with van der Waals surface area (Å²) in [6.45, 7) is 0.944. The third-order valence-corrected chi connectivity index (χ3v) is 4.29. The topological polar surface area (TPSA) is 81.1 Å². The molecule has 1 aromatic rings. The summed E-state index contributed by atoms with van der Waals surface area (Å²) in [7, 11) is 0. The molecule has 1 amide bonds. The third-order valence-electron chi connectivity index (χ3n) is 4.29. The van der Waals surface area contributed by atoms with Gasteiger partial charge in [0.05, 0.1) is 5.56 Å². The molecule has 5 N–H and O–H groups in total. The van der Waals surface area contributed by atoms with E-state index in [2.05, 4.69) is 5.32 Å². The normalized spacial score (nSPS) is 18.6. The molecule has 4 nitrogen and oxygen atoms in total. The highest BCUT2D eigenvalue weighted by Gasteiger charge is 2.41. The van der Waals surface area contributed by atoms with Crippen LogP contribution in [0.1, 0.15) is 36.0 Å². The van der Waals surface area contributed by atoms with Gasteiger partial charge in [-0.15, -0.1) is 0 Å². The van der Waals surface area contributed by atoms with Crippen LogP contribution in [0.2, 0.25) is 0 Å². The van der Waals surface area contributed by atoms with Crippen molar-refractivity contribution in [3.63, 3.8) is 0 Å². The molecule has 2 fully saturated rings. The van der Waals surface area contributed by atoms with Crippen LogP contribution >= 0.6 is 0 Å². The van der Waals surface area contributed by atoms with E-state index in [1.165, 1.54) is 25.7 Å². The molecule has 2 aliphatic carbocycles. The van der Waals surface area contributed by atoms with E-state index >= 15 is 0 Å². The van der Waals surface area contributed by atoms with Crippen LogP contribution in [0.3, 0.4) is 0 Å². The zero-order valence-corrected chi connectivity index (χ0v) is 11.1. The molecule has 4 heteroatoms. The summed E-state index contributed by atoms with van der Waals surface area (Å²) in [5.74, 6) is 2.12. The Morgan fingerprint density at radius 3 is 2.42 bits per heavy atom. The van der Waals surface area contributed by atoms with Crippen LogP contribution < -0.4 is 16.8 Å². The number of hydrogen-bond donors (Lipinski definition) is 3. The van der Waals surface area contributed by atoms with Crippen LogP contribution in [0.5, 0.6) is 0 Å². The molecule has 0 unspecified atom stereocenters. The molecule has 2 saturated carbocycles. The second-order valence-corrected chi connectivity index (χ2v) is 5.89. The highest BCUT2D eigenvalue weighted by atomic mass is 16.1. The lowest BCUT2D eigenvalue weighted by molar-refractivity contribution is 0.100. The summed E-state index contributed by atoms with van der Waals surface area (Å²) in [6.07, 6.45) is 5.47. The number of nitrogens with two attached hydrogens (primary N) is 2. The average Bonchev–Trinajstić information content (AvgIpc) is 3.25. The largest absolute Gasteiger partial charge is 0.399 e. The Kier molecular flexibility index (Phi) is 3.09. The Bertz CT molecular complexity index is 480. The van der Waals surface area contributed by atoms with Gasteiger partial charge in [-0.2, -0.15) is 0 Å². The fraction of sp³-hybridized carbons (Fsp3) is 0.533. The van der Waals surface area contributed by atoms with Gasteiger partial charge in [0.1, 0.15) is 0 Å². The molecule has 0 atom stereocenters. The van der Waals surface area contributed by atoms with Gasteiger partial charge in [-0.25, -0.2) is 0 Å². The van der Waals surface area contributed by atoms with E-state index in [0.29, 0.717) is 11.3 Å². The lowest BCUT2D eigenvalue weighted by Crippen LogP contribution is -2.21. The molecule has 0 aliphatic heterocycles. The van der Waals surface area contributed by atoms with Gasteiger partial charge in [0.25, 0.3) is 5.91 Å². The van der Waals surface area contributed by atoms with Gasteiger partial charge in [0, 0.05) is 17.9 Å². The lowest BCUT2D eigenvalue weighted by atomic mass is 9.97. The van der Waals surface area contributed by atoms with Gasteiger partial charge >= 0.3 is 0 Å². The maximum atomic E-state index is 11.4. The van der Waals surface area contributed by atoms with Crippen molar-refractivity contribution in [2.75, 3.05) is 17.6 Å². The van der Waals surface area contributed by atoms with Crippen LogP contribution in [0.4, 0.5) is 11.4 Å². The monoisotopic (exact) mass is 259 g/mol. The van der Waals surface area contributed by atoms with Gasteiger partial charge in [0.15, 0.2) is 0 Å². The van der Waals surface area contributed by atoms with Gasteiger partial charge in [-0.1, -0.05) is 0 Å². The first-order chi connectivity index (χ1) is 9.15. The van der Waals surface area contributed by atoms with Crippen LogP contribution in [0, 0.1) is 17.8 Å². The van der Waals surface area contributed by atoms with Crippen LogP contribution in [0.25, 0.3) is 0 Å². The average molecular weight is 259 g/mol. The Morgan fingerprint density at radius 1 is 1.26 bits per heavy atom. The molecule has 2 aliphatic rings. The highest BCUT2D eigenvalue weighted by Crippen LogP contribution is 2.49. The van der Waals surface area contributed by atoms with E-state index in [9.17, 15) is 4.79 Å². The predicted octanol–water partition coefficient (Wildman–Crippen LogP) is 2.22. The van der Waals surface area contributed by atoms with E-state index in [1.807, 2.05) is 6.07 Å². The second-order valence-electron chi connectivity index (χ2n) is 5.89. The number of benzene rings is 1. The Labute approximate surface area is 113 Å². The molecule has 0 saturated heterocycles. The number of amides is 1. The fourth-order valence-corrected chi connectivity index (χ4v) is 2.91. The SMILES string of the molecule is NC(=O)c1cc(N)ccc1NCC(C1CC1)C1CC1. The molecule has 19 heavy (non-hydrogen) atoms. The minimum Gasteiger partial charge on any atom is -0.399 e. The molecule has 3 rings (SSSR count). The van der Waals surface area contributed by atoms with Crippen molar-refractivity contribution in [1.29, 1.82) is 0 Å². The quantitative estimate of drug-likeness (QED) is 0.685. The van der Waals surface area contributed by atoms with Crippen LogP contribution in [0.15, 0.2) is 18.2 Å². The molecular formula is C15H21N3O. The van der Waals surface area contributed by atoms with Crippen molar-refractivity contribution < 1.29 is 4.79 Å². The zero-order chi connectivity index (χ0) is 13.4. The summed E-state index contributed by atoms with van der Waals surface area (Å²) in [4.78, 5) is 11.4. The third kappa shape index (κ3) is 2.83.